The van der Waals surface area contributed by atoms with E-state index in [2.05, 4.69) is 23.3 Å². The summed E-state index contributed by atoms with van der Waals surface area (Å²) in [6, 6.07) is 7.60. The minimum Gasteiger partial charge on any atom is -0.361 e. The van der Waals surface area contributed by atoms with Crippen LogP contribution in [0.2, 0.25) is 0 Å². The molecule has 0 aliphatic rings. The second kappa shape index (κ2) is 9.36. The molecule has 1 heterocycles. The molecular formula is C19H29N3O. The van der Waals surface area contributed by atoms with E-state index in [1.165, 1.54) is 32.1 Å². The molecule has 126 valence electrons. The summed E-state index contributed by atoms with van der Waals surface area (Å²) in [5.74, 6) is -0.0520. The smallest absolute Gasteiger partial charge is 0.237 e. The zero-order chi connectivity index (χ0) is 16.5. The Kier molecular flexibility index (Phi) is 7.14. The first kappa shape index (κ1) is 17.5. The summed E-state index contributed by atoms with van der Waals surface area (Å²) in [6.07, 6.45) is 9.85. The van der Waals surface area contributed by atoms with Crippen LogP contribution in [0, 0.1) is 0 Å². The number of para-hydroxylation sites is 1. The Morgan fingerprint density at radius 1 is 1.17 bits per heavy atom. The van der Waals surface area contributed by atoms with E-state index in [9.17, 15) is 4.79 Å². The third-order valence-corrected chi connectivity index (χ3v) is 4.28. The Morgan fingerprint density at radius 3 is 2.74 bits per heavy atom. The highest BCUT2D eigenvalue weighted by atomic mass is 16.2. The SMILES string of the molecule is CCCCCCCCNC(=O)[C@@H](N)Cc1c[nH]c2ccccc12. The zero-order valence-electron chi connectivity index (χ0n) is 14.1. The van der Waals surface area contributed by atoms with Gasteiger partial charge in [0, 0.05) is 23.6 Å². The van der Waals surface area contributed by atoms with E-state index in [1.54, 1.807) is 0 Å². The van der Waals surface area contributed by atoms with E-state index in [0.29, 0.717) is 6.42 Å². The molecular weight excluding hydrogens is 286 g/mol. The lowest BCUT2D eigenvalue weighted by Gasteiger charge is -2.12. The van der Waals surface area contributed by atoms with Gasteiger partial charge in [0.15, 0.2) is 0 Å². The number of hydrogen-bond acceptors (Lipinski definition) is 2. The summed E-state index contributed by atoms with van der Waals surface area (Å²) < 4.78 is 0. The van der Waals surface area contributed by atoms with E-state index in [0.717, 1.165) is 29.4 Å². The Hall–Kier alpha value is -1.81. The van der Waals surface area contributed by atoms with Crippen LogP contribution in [-0.2, 0) is 11.2 Å². The second-order valence-electron chi connectivity index (χ2n) is 6.23. The van der Waals surface area contributed by atoms with Crippen LogP contribution in [0.25, 0.3) is 10.9 Å². The molecule has 1 aromatic carbocycles. The van der Waals surface area contributed by atoms with Gasteiger partial charge in [-0.25, -0.2) is 0 Å². The van der Waals surface area contributed by atoms with Gasteiger partial charge in [0.1, 0.15) is 0 Å². The fourth-order valence-corrected chi connectivity index (χ4v) is 2.88. The standard InChI is InChI=1S/C19H29N3O/c1-2-3-4-5-6-9-12-21-19(23)17(20)13-15-14-22-18-11-8-7-10-16(15)18/h7-8,10-11,14,17,22H,2-6,9,12-13,20H2,1H3,(H,21,23)/t17-/m0/s1. The third kappa shape index (κ3) is 5.39. The maximum atomic E-state index is 12.1. The Labute approximate surface area is 138 Å². The van der Waals surface area contributed by atoms with Gasteiger partial charge in [-0.3, -0.25) is 4.79 Å². The van der Waals surface area contributed by atoms with Crippen LogP contribution >= 0.6 is 0 Å². The molecule has 0 saturated carbocycles. The molecule has 0 spiro atoms. The van der Waals surface area contributed by atoms with Crippen molar-refractivity contribution in [1.29, 1.82) is 0 Å². The molecule has 0 aliphatic carbocycles. The molecule has 0 radical (unpaired) electrons. The van der Waals surface area contributed by atoms with Crippen molar-refractivity contribution in [3.63, 3.8) is 0 Å². The Bertz CT molecular complexity index is 605. The molecule has 0 unspecified atom stereocenters. The monoisotopic (exact) mass is 315 g/mol. The normalized spacial score (nSPS) is 12.4. The number of H-pyrrole nitrogens is 1. The first-order valence-corrected chi connectivity index (χ1v) is 8.80. The number of benzene rings is 1. The molecule has 23 heavy (non-hydrogen) atoms. The summed E-state index contributed by atoms with van der Waals surface area (Å²) in [5.41, 5.74) is 8.24. The minimum atomic E-state index is -0.491. The van der Waals surface area contributed by atoms with E-state index in [-0.39, 0.29) is 5.91 Å². The van der Waals surface area contributed by atoms with Crippen LogP contribution < -0.4 is 11.1 Å². The number of nitrogens with two attached hydrogens (primary N) is 1. The second-order valence-corrected chi connectivity index (χ2v) is 6.23. The molecule has 0 fully saturated rings. The van der Waals surface area contributed by atoms with E-state index in [4.69, 9.17) is 5.73 Å². The van der Waals surface area contributed by atoms with Gasteiger partial charge >= 0.3 is 0 Å². The summed E-state index contributed by atoms with van der Waals surface area (Å²) in [6.45, 7) is 2.95. The van der Waals surface area contributed by atoms with E-state index in [1.807, 2.05) is 24.4 Å². The number of aromatic nitrogens is 1. The molecule has 0 aliphatic heterocycles. The predicted molar refractivity (Wildman–Crippen MR) is 96.4 cm³/mol. The van der Waals surface area contributed by atoms with Crippen LogP contribution in [0.15, 0.2) is 30.5 Å². The first-order valence-electron chi connectivity index (χ1n) is 8.80. The van der Waals surface area contributed by atoms with Gasteiger partial charge in [0.25, 0.3) is 0 Å². The quantitative estimate of drug-likeness (QED) is 0.587. The van der Waals surface area contributed by atoms with Crippen molar-refractivity contribution in [2.24, 2.45) is 5.73 Å². The summed E-state index contributed by atoms with van der Waals surface area (Å²) in [7, 11) is 0. The highest BCUT2D eigenvalue weighted by Crippen LogP contribution is 2.18. The number of hydrogen-bond donors (Lipinski definition) is 3. The molecule has 2 aromatic rings. The van der Waals surface area contributed by atoms with Crippen molar-refractivity contribution in [3.8, 4) is 0 Å². The lowest BCUT2D eigenvalue weighted by Crippen LogP contribution is -2.42. The van der Waals surface area contributed by atoms with Crippen molar-refractivity contribution < 1.29 is 4.79 Å². The number of carbonyl (C=O) groups is 1. The van der Waals surface area contributed by atoms with Crippen molar-refractivity contribution in [2.75, 3.05) is 6.54 Å². The number of carbonyl (C=O) groups excluding carboxylic acids is 1. The molecule has 0 saturated heterocycles. The van der Waals surface area contributed by atoms with Gasteiger partial charge in [-0.15, -0.1) is 0 Å². The van der Waals surface area contributed by atoms with Crippen molar-refractivity contribution in [3.05, 3.63) is 36.0 Å². The molecule has 4 N–H and O–H groups in total. The molecule has 1 amide bonds. The van der Waals surface area contributed by atoms with Crippen LogP contribution in [0.1, 0.15) is 51.0 Å². The number of amides is 1. The van der Waals surface area contributed by atoms with E-state index < -0.39 is 6.04 Å². The summed E-state index contributed by atoms with van der Waals surface area (Å²) in [5, 5.41) is 4.10. The zero-order valence-corrected chi connectivity index (χ0v) is 14.1. The van der Waals surface area contributed by atoms with E-state index >= 15 is 0 Å². The van der Waals surface area contributed by atoms with Crippen LogP contribution in [-0.4, -0.2) is 23.5 Å². The molecule has 4 heteroatoms. The lowest BCUT2D eigenvalue weighted by atomic mass is 10.0. The maximum absolute atomic E-state index is 12.1. The largest absolute Gasteiger partial charge is 0.361 e. The number of fused-ring (bicyclic) bond motifs is 1. The van der Waals surface area contributed by atoms with Gasteiger partial charge in [0.2, 0.25) is 5.91 Å². The molecule has 1 atom stereocenters. The van der Waals surface area contributed by atoms with Crippen molar-refractivity contribution in [2.45, 2.75) is 57.9 Å². The average molecular weight is 315 g/mol. The maximum Gasteiger partial charge on any atom is 0.237 e. The third-order valence-electron chi connectivity index (χ3n) is 4.28. The van der Waals surface area contributed by atoms with Gasteiger partial charge < -0.3 is 16.0 Å². The van der Waals surface area contributed by atoms with Crippen LogP contribution in [0.4, 0.5) is 0 Å². The van der Waals surface area contributed by atoms with Gasteiger partial charge in [-0.05, 0) is 24.5 Å². The molecule has 2 rings (SSSR count). The molecule has 0 bridgehead atoms. The highest BCUT2D eigenvalue weighted by Gasteiger charge is 2.15. The number of aromatic amines is 1. The average Bonchev–Trinajstić information content (AvgIpc) is 2.97. The number of nitrogens with one attached hydrogen (secondary N) is 2. The first-order chi connectivity index (χ1) is 11.2. The predicted octanol–water partition coefficient (Wildman–Crippen LogP) is 3.51. The molecule has 4 nitrogen and oxygen atoms in total. The van der Waals surface area contributed by atoms with Gasteiger partial charge in [-0.1, -0.05) is 57.2 Å². The Balaban J connectivity index is 1.71. The lowest BCUT2D eigenvalue weighted by molar-refractivity contribution is -0.122. The van der Waals surface area contributed by atoms with Crippen LogP contribution in [0.3, 0.4) is 0 Å². The van der Waals surface area contributed by atoms with Crippen molar-refractivity contribution in [1.82, 2.24) is 10.3 Å². The fraction of sp³-hybridized carbons (Fsp3) is 0.526. The molecule has 1 aromatic heterocycles. The Morgan fingerprint density at radius 2 is 1.91 bits per heavy atom. The summed E-state index contributed by atoms with van der Waals surface area (Å²) in [4.78, 5) is 15.3. The fourth-order valence-electron chi connectivity index (χ4n) is 2.88. The topological polar surface area (TPSA) is 70.9 Å². The van der Waals surface area contributed by atoms with Gasteiger partial charge in [-0.2, -0.15) is 0 Å². The minimum absolute atomic E-state index is 0.0520. The summed E-state index contributed by atoms with van der Waals surface area (Å²) >= 11 is 0. The number of rotatable bonds is 10. The number of unbranched alkanes of at least 4 members (excludes halogenated alkanes) is 5. The van der Waals surface area contributed by atoms with Crippen molar-refractivity contribution >= 4 is 16.8 Å². The van der Waals surface area contributed by atoms with Crippen LogP contribution in [0.5, 0.6) is 0 Å². The van der Waals surface area contributed by atoms with Gasteiger partial charge in [0.05, 0.1) is 6.04 Å². The highest BCUT2D eigenvalue weighted by molar-refractivity contribution is 5.86.